The Kier molecular flexibility index (Phi) is 4.13. The van der Waals surface area contributed by atoms with Crippen LogP contribution >= 0.6 is 0 Å². The summed E-state index contributed by atoms with van der Waals surface area (Å²) in [5.41, 5.74) is 1.22. The Labute approximate surface area is 122 Å². The van der Waals surface area contributed by atoms with E-state index in [9.17, 15) is 0 Å². The zero-order chi connectivity index (χ0) is 14.6. The molecule has 0 unspecified atom stereocenters. The van der Waals surface area contributed by atoms with Gasteiger partial charge in [0.2, 0.25) is 0 Å². The van der Waals surface area contributed by atoms with Crippen LogP contribution in [0, 0.1) is 12.3 Å². The number of hydrogen-bond donors (Lipinski definition) is 0. The fourth-order valence-electron chi connectivity index (χ4n) is 2.29. The molecular weight excluding hydrogens is 260 g/mol. The topological polar surface area (TPSA) is 9.23 Å². The molecule has 2 aromatic carbocycles. The molecule has 0 spiro atoms. The molecule has 0 radical (unpaired) electrons. The summed E-state index contributed by atoms with van der Waals surface area (Å²) in [5.74, 6) is 2.92. The van der Waals surface area contributed by atoms with Gasteiger partial charge in [-0.1, -0.05) is 66.6 Å². The van der Waals surface area contributed by atoms with Gasteiger partial charge in [-0.25, -0.2) is 0 Å². The van der Waals surface area contributed by atoms with E-state index in [4.69, 9.17) is 10.8 Å². The number of benzene rings is 2. The van der Waals surface area contributed by atoms with E-state index in [-0.39, 0.29) is 0 Å². The van der Waals surface area contributed by atoms with Crippen molar-refractivity contribution in [2.45, 2.75) is 25.2 Å². The lowest BCUT2D eigenvalue weighted by atomic mass is 9.87. The van der Waals surface area contributed by atoms with Gasteiger partial charge in [-0.3, -0.25) is 0 Å². The highest BCUT2D eigenvalue weighted by Crippen LogP contribution is 2.35. The molecule has 0 fully saturated rings. The Morgan fingerprint density at radius 3 is 1.55 bits per heavy atom. The average Bonchev–Trinajstić information content (AvgIpc) is 2.46. The van der Waals surface area contributed by atoms with Crippen molar-refractivity contribution in [1.82, 2.24) is 0 Å². The first-order valence-electron chi connectivity index (χ1n) is 6.77. The van der Waals surface area contributed by atoms with Crippen molar-refractivity contribution in [3.63, 3.8) is 0 Å². The molecule has 2 aromatic rings. The summed E-state index contributed by atoms with van der Waals surface area (Å²) in [4.78, 5) is 0. The Bertz CT molecular complexity index is 551. The fraction of sp³-hybridized carbons (Fsp3) is 0.222. The molecule has 0 saturated carbocycles. The lowest BCUT2D eigenvalue weighted by Crippen LogP contribution is -2.40. The predicted octanol–water partition coefficient (Wildman–Crippen LogP) is 4.41. The number of hydrogen-bond acceptors (Lipinski definition) is 1. The van der Waals surface area contributed by atoms with Gasteiger partial charge in [0.15, 0.2) is 13.9 Å². The summed E-state index contributed by atoms with van der Waals surface area (Å²) < 4.78 is 6.45. The fourth-order valence-corrected chi connectivity index (χ4v) is 3.50. The third kappa shape index (κ3) is 3.01. The SMILES string of the molecule is C#CC(O[Si](C)(C)C)(c1ccccc1)c1ccccc1. The second-order valence-electron chi connectivity index (χ2n) is 5.77. The largest absolute Gasteiger partial charge is 0.395 e. The molecule has 0 aliphatic heterocycles. The molecule has 102 valence electrons. The molecule has 0 heterocycles. The van der Waals surface area contributed by atoms with Crippen LogP contribution in [-0.2, 0) is 10.0 Å². The van der Waals surface area contributed by atoms with E-state index >= 15 is 0 Å². The Morgan fingerprint density at radius 2 is 1.25 bits per heavy atom. The molecule has 2 rings (SSSR count). The van der Waals surface area contributed by atoms with Gasteiger partial charge in [-0.2, -0.15) is 0 Å². The third-order valence-electron chi connectivity index (χ3n) is 3.02. The molecule has 0 N–H and O–H groups in total. The molecule has 0 saturated heterocycles. The van der Waals surface area contributed by atoms with Gasteiger partial charge in [0.25, 0.3) is 0 Å². The van der Waals surface area contributed by atoms with Crippen LogP contribution in [0.3, 0.4) is 0 Å². The van der Waals surface area contributed by atoms with Crippen LogP contribution in [0.4, 0.5) is 0 Å². The van der Waals surface area contributed by atoms with Crippen LogP contribution in [0.25, 0.3) is 0 Å². The summed E-state index contributed by atoms with van der Waals surface area (Å²) in [7, 11) is -1.82. The summed E-state index contributed by atoms with van der Waals surface area (Å²) in [6, 6.07) is 20.1. The van der Waals surface area contributed by atoms with Gasteiger partial charge in [0.05, 0.1) is 0 Å². The van der Waals surface area contributed by atoms with Crippen molar-refractivity contribution in [2.75, 3.05) is 0 Å². The van der Waals surface area contributed by atoms with Crippen LogP contribution in [0.15, 0.2) is 60.7 Å². The molecule has 0 aromatic heterocycles. The van der Waals surface area contributed by atoms with Crippen molar-refractivity contribution in [3.05, 3.63) is 71.8 Å². The standard InChI is InChI=1S/C18H20OSi/c1-5-18(19-20(2,3)4,16-12-8-6-9-13-16)17-14-10-7-11-15-17/h1,6-15H,2-4H3. The maximum Gasteiger partial charge on any atom is 0.186 e. The van der Waals surface area contributed by atoms with Gasteiger partial charge in [0.1, 0.15) is 0 Å². The maximum absolute atomic E-state index is 6.45. The van der Waals surface area contributed by atoms with Crippen LogP contribution < -0.4 is 0 Å². The zero-order valence-corrected chi connectivity index (χ0v) is 13.3. The van der Waals surface area contributed by atoms with E-state index in [0.29, 0.717) is 0 Å². The minimum atomic E-state index is -1.82. The van der Waals surface area contributed by atoms with Crippen LogP contribution in [0.2, 0.25) is 19.6 Å². The predicted molar refractivity (Wildman–Crippen MR) is 86.9 cm³/mol. The monoisotopic (exact) mass is 280 g/mol. The first-order chi connectivity index (χ1) is 9.48. The van der Waals surface area contributed by atoms with Crippen molar-refractivity contribution in [1.29, 1.82) is 0 Å². The average molecular weight is 280 g/mol. The first-order valence-corrected chi connectivity index (χ1v) is 10.2. The molecule has 0 atom stereocenters. The van der Waals surface area contributed by atoms with Crippen molar-refractivity contribution in [2.24, 2.45) is 0 Å². The van der Waals surface area contributed by atoms with E-state index in [2.05, 4.69) is 25.6 Å². The third-order valence-corrected chi connectivity index (χ3v) is 3.94. The summed E-state index contributed by atoms with van der Waals surface area (Å²) in [6.45, 7) is 6.47. The Hall–Kier alpha value is -1.82. The second kappa shape index (κ2) is 5.66. The van der Waals surface area contributed by atoms with Gasteiger partial charge >= 0.3 is 0 Å². The molecule has 1 nitrogen and oxygen atoms in total. The number of terminal acetylenes is 1. The van der Waals surface area contributed by atoms with Crippen molar-refractivity contribution < 1.29 is 4.43 Å². The normalized spacial score (nSPS) is 11.9. The van der Waals surface area contributed by atoms with Gasteiger partial charge in [0, 0.05) is 0 Å². The van der Waals surface area contributed by atoms with E-state index in [0.717, 1.165) is 11.1 Å². The lowest BCUT2D eigenvalue weighted by Gasteiger charge is -2.36. The minimum Gasteiger partial charge on any atom is -0.395 e. The summed E-state index contributed by atoms with van der Waals surface area (Å²) in [5, 5.41) is 0. The van der Waals surface area contributed by atoms with Crippen molar-refractivity contribution in [3.8, 4) is 12.3 Å². The van der Waals surface area contributed by atoms with Gasteiger partial charge in [-0.15, -0.1) is 6.42 Å². The van der Waals surface area contributed by atoms with Crippen molar-refractivity contribution >= 4 is 8.32 Å². The first kappa shape index (κ1) is 14.6. The Balaban J connectivity index is 2.63. The molecule has 0 bridgehead atoms. The Morgan fingerprint density at radius 1 is 0.850 bits per heavy atom. The van der Waals surface area contributed by atoms with Crippen LogP contribution in [-0.4, -0.2) is 8.32 Å². The summed E-state index contributed by atoms with van der Waals surface area (Å²) in [6.07, 6.45) is 5.93. The molecule has 20 heavy (non-hydrogen) atoms. The summed E-state index contributed by atoms with van der Waals surface area (Å²) >= 11 is 0. The van der Waals surface area contributed by atoms with Crippen LogP contribution in [0.1, 0.15) is 11.1 Å². The van der Waals surface area contributed by atoms with E-state index in [1.807, 2.05) is 60.7 Å². The van der Waals surface area contributed by atoms with E-state index < -0.39 is 13.9 Å². The zero-order valence-electron chi connectivity index (χ0n) is 12.3. The highest BCUT2D eigenvalue weighted by molar-refractivity contribution is 6.69. The highest BCUT2D eigenvalue weighted by Gasteiger charge is 2.37. The molecule has 0 aliphatic rings. The highest BCUT2D eigenvalue weighted by atomic mass is 28.4. The molecule has 0 aliphatic carbocycles. The number of rotatable bonds is 4. The lowest BCUT2D eigenvalue weighted by molar-refractivity contribution is 0.166. The molecule has 2 heteroatoms. The van der Waals surface area contributed by atoms with Gasteiger partial charge < -0.3 is 4.43 Å². The van der Waals surface area contributed by atoms with Gasteiger partial charge in [-0.05, 0) is 30.8 Å². The maximum atomic E-state index is 6.45. The van der Waals surface area contributed by atoms with E-state index in [1.165, 1.54) is 0 Å². The second-order valence-corrected chi connectivity index (χ2v) is 10.2. The molecule has 0 amide bonds. The minimum absolute atomic E-state index is 0.799. The molecular formula is C18H20OSi. The smallest absolute Gasteiger partial charge is 0.186 e. The van der Waals surface area contributed by atoms with Crippen LogP contribution in [0.5, 0.6) is 0 Å². The van der Waals surface area contributed by atoms with E-state index in [1.54, 1.807) is 0 Å². The quantitative estimate of drug-likeness (QED) is 0.595.